The molecule has 1 fully saturated rings. The molecule has 0 amide bonds. The first-order chi connectivity index (χ1) is 9.25. The highest BCUT2D eigenvalue weighted by molar-refractivity contribution is 9.10. The highest BCUT2D eigenvalue weighted by Gasteiger charge is 2.13. The Kier molecular flexibility index (Phi) is 5.90. The highest BCUT2D eigenvalue weighted by Crippen LogP contribution is 2.27. The summed E-state index contributed by atoms with van der Waals surface area (Å²) in [5.41, 5.74) is 0.626. The Bertz CT molecular complexity index is 394. The summed E-state index contributed by atoms with van der Waals surface area (Å²) in [4.78, 5) is 11.8. The van der Waals surface area contributed by atoms with Crippen LogP contribution in [0.5, 0.6) is 0 Å². The second kappa shape index (κ2) is 7.68. The van der Waals surface area contributed by atoms with Crippen molar-refractivity contribution in [3.63, 3.8) is 0 Å². The van der Waals surface area contributed by atoms with Crippen LogP contribution >= 0.6 is 15.9 Å². The van der Waals surface area contributed by atoms with Crippen molar-refractivity contribution in [2.24, 2.45) is 5.92 Å². The minimum Gasteiger partial charge on any atom is -0.462 e. The third-order valence-electron chi connectivity index (χ3n) is 3.79. The number of rotatable bonds is 5. The molecule has 2 rings (SSSR count). The van der Waals surface area contributed by atoms with Crippen molar-refractivity contribution in [3.05, 3.63) is 34.3 Å². The van der Waals surface area contributed by atoms with Crippen molar-refractivity contribution in [3.8, 4) is 0 Å². The molecule has 1 aliphatic carbocycles. The lowest BCUT2D eigenvalue weighted by Crippen LogP contribution is -2.10. The molecule has 0 aliphatic heterocycles. The summed E-state index contributed by atoms with van der Waals surface area (Å²) in [6, 6.07) is 7.29. The van der Waals surface area contributed by atoms with Crippen LogP contribution in [0.1, 0.15) is 55.3 Å². The van der Waals surface area contributed by atoms with Gasteiger partial charge in [0.2, 0.25) is 0 Å². The van der Waals surface area contributed by atoms with E-state index in [2.05, 4.69) is 15.9 Å². The Morgan fingerprint density at radius 2 is 1.84 bits per heavy atom. The minimum atomic E-state index is -0.212. The molecule has 0 saturated heterocycles. The summed E-state index contributed by atoms with van der Waals surface area (Å²) in [6.45, 7) is 0.547. The van der Waals surface area contributed by atoms with Crippen LogP contribution in [0.4, 0.5) is 0 Å². The molecule has 1 aliphatic rings. The standard InChI is InChI=1S/C16H21BrO2/c17-15-10-8-14(9-11-15)16(18)19-12-4-7-13-5-2-1-3-6-13/h8-11,13H,1-7,12H2. The second-order valence-electron chi connectivity index (χ2n) is 5.29. The number of benzene rings is 1. The summed E-state index contributed by atoms with van der Waals surface area (Å²) in [7, 11) is 0. The fraction of sp³-hybridized carbons (Fsp3) is 0.562. The molecular formula is C16H21BrO2. The molecule has 1 saturated carbocycles. The summed E-state index contributed by atoms with van der Waals surface area (Å²) in [6.07, 6.45) is 9.07. The molecule has 19 heavy (non-hydrogen) atoms. The monoisotopic (exact) mass is 324 g/mol. The van der Waals surface area contributed by atoms with Gasteiger partial charge in [0.25, 0.3) is 0 Å². The van der Waals surface area contributed by atoms with E-state index in [0.29, 0.717) is 12.2 Å². The van der Waals surface area contributed by atoms with Crippen molar-refractivity contribution in [1.82, 2.24) is 0 Å². The third-order valence-corrected chi connectivity index (χ3v) is 4.32. The number of carbonyl (C=O) groups is 1. The molecule has 2 nitrogen and oxygen atoms in total. The van der Waals surface area contributed by atoms with E-state index >= 15 is 0 Å². The first kappa shape index (κ1) is 14.6. The lowest BCUT2D eigenvalue weighted by atomic mass is 9.86. The van der Waals surface area contributed by atoms with Crippen LogP contribution < -0.4 is 0 Å². The zero-order chi connectivity index (χ0) is 13.5. The Morgan fingerprint density at radius 1 is 1.16 bits per heavy atom. The summed E-state index contributed by atoms with van der Waals surface area (Å²) in [5, 5.41) is 0. The van der Waals surface area contributed by atoms with E-state index in [-0.39, 0.29) is 5.97 Å². The third kappa shape index (κ3) is 4.98. The lowest BCUT2D eigenvalue weighted by Gasteiger charge is -2.21. The van der Waals surface area contributed by atoms with Crippen molar-refractivity contribution in [2.75, 3.05) is 6.61 Å². The van der Waals surface area contributed by atoms with Gasteiger partial charge in [-0.25, -0.2) is 4.79 Å². The van der Waals surface area contributed by atoms with Crippen molar-refractivity contribution >= 4 is 21.9 Å². The molecule has 0 bridgehead atoms. The summed E-state index contributed by atoms with van der Waals surface area (Å²) < 4.78 is 6.28. The maximum Gasteiger partial charge on any atom is 0.338 e. The highest BCUT2D eigenvalue weighted by atomic mass is 79.9. The van der Waals surface area contributed by atoms with Crippen LogP contribution in [0.2, 0.25) is 0 Å². The maximum atomic E-state index is 11.8. The van der Waals surface area contributed by atoms with E-state index in [4.69, 9.17) is 4.74 Å². The lowest BCUT2D eigenvalue weighted by molar-refractivity contribution is 0.0491. The van der Waals surface area contributed by atoms with Crippen LogP contribution in [-0.4, -0.2) is 12.6 Å². The molecule has 0 N–H and O–H groups in total. The quantitative estimate of drug-likeness (QED) is 0.564. The predicted octanol–water partition coefficient (Wildman–Crippen LogP) is 4.97. The molecule has 0 radical (unpaired) electrons. The van der Waals surface area contributed by atoms with Gasteiger partial charge in [-0.1, -0.05) is 48.0 Å². The van der Waals surface area contributed by atoms with Crippen molar-refractivity contribution in [2.45, 2.75) is 44.9 Å². The Balaban J connectivity index is 1.64. The van der Waals surface area contributed by atoms with E-state index in [1.165, 1.54) is 38.5 Å². The van der Waals surface area contributed by atoms with Crippen molar-refractivity contribution < 1.29 is 9.53 Å². The summed E-state index contributed by atoms with van der Waals surface area (Å²) >= 11 is 3.35. The number of esters is 1. The molecule has 0 heterocycles. The molecule has 3 heteroatoms. The molecule has 0 aromatic heterocycles. The number of ether oxygens (including phenoxy) is 1. The number of halogens is 1. The fourth-order valence-electron chi connectivity index (χ4n) is 2.68. The number of carbonyl (C=O) groups excluding carboxylic acids is 1. The molecule has 0 unspecified atom stereocenters. The fourth-order valence-corrected chi connectivity index (χ4v) is 2.95. The van der Waals surface area contributed by atoms with Gasteiger partial charge in [0, 0.05) is 4.47 Å². The van der Waals surface area contributed by atoms with Gasteiger partial charge in [-0.15, -0.1) is 0 Å². The number of hydrogen-bond acceptors (Lipinski definition) is 2. The molecule has 1 aromatic carbocycles. The number of hydrogen-bond donors (Lipinski definition) is 0. The molecule has 0 atom stereocenters. The first-order valence-electron chi connectivity index (χ1n) is 7.18. The summed E-state index contributed by atoms with van der Waals surface area (Å²) in [5.74, 6) is 0.649. The van der Waals surface area contributed by atoms with Crippen molar-refractivity contribution in [1.29, 1.82) is 0 Å². The first-order valence-corrected chi connectivity index (χ1v) is 7.98. The van der Waals surface area contributed by atoms with Gasteiger partial charge in [-0.3, -0.25) is 0 Å². The van der Waals surface area contributed by atoms with Crippen LogP contribution in [0.3, 0.4) is 0 Å². The largest absolute Gasteiger partial charge is 0.462 e. The predicted molar refractivity (Wildman–Crippen MR) is 80.2 cm³/mol. The SMILES string of the molecule is O=C(OCCCC1CCCCC1)c1ccc(Br)cc1. The smallest absolute Gasteiger partial charge is 0.338 e. The second-order valence-corrected chi connectivity index (χ2v) is 6.20. The maximum absolute atomic E-state index is 11.8. The van der Waals surface area contributed by atoms with Crippen LogP contribution in [0, 0.1) is 5.92 Å². The van der Waals surface area contributed by atoms with E-state index in [1.54, 1.807) is 12.1 Å². The molecular weight excluding hydrogens is 304 g/mol. The van der Waals surface area contributed by atoms with Crippen LogP contribution in [0.25, 0.3) is 0 Å². The van der Waals surface area contributed by atoms with Crippen LogP contribution in [0.15, 0.2) is 28.7 Å². The van der Waals surface area contributed by atoms with E-state index in [0.717, 1.165) is 16.8 Å². The Labute approximate surface area is 123 Å². The minimum absolute atomic E-state index is 0.212. The molecule has 1 aromatic rings. The zero-order valence-corrected chi connectivity index (χ0v) is 12.8. The Morgan fingerprint density at radius 3 is 2.53 bits per heavy atom. The van der Waals surface area contributed by atoms with Gasteiger partial charge in [-0.2, -0.15) is 0 Å². The average Bonchev–Trinajstić information content (AvgIpc) is 2.45. The van der Waals surface area contributed by atoms with Gasteiger partial charge in [0.1, 0.15) is 0 Å². The Hall–Kier alpha value is -0.830. The molecule has 104 valence electrons. The average molecular weight is 325 g/mol. The van der Waals surface area contributed by atoms with Crippen LogP contribution in [-0.2, 0) is 4.74 Å². The van der Waals surface area contributed by atoms with Gasteiger partial charge in [-0.05, 0) is 43.0 Å². The molecule has 0 spiro atoms. The zero-order valence-electron chi connectivity index (χ0n) is 11.2. The van der Waals surface area contributed by atoms with E-state index in [1.807, 2.05) is 12.1 Å². The van der Waals surface area contributed by atoms with Gasteiger partial charge in [0.05, 0.1) is 12.2 Å². The van der Waals surface area contributed by atoms with Gasteiger partial charge >= 0.3 is 5.97 Å². The normalized spacial score (nSPS) is 16.3. The van der Waals surface area contributed by atoms with E-state index < -0.39 is 0 Å². The topological polar surface area (TPSA) is 26.3 Å². The van der Waals surface area contributed by atoms with E-state index in [9.17, 15) is 4.79 Å². The van der Waals surface area contributed by atoms with Gasteiger partial charge < -0.3 is 4.74 Å². The van der Waals surface area contributed by atoms with Gasteiger partial charge in [0.15, 0.2) is 0 Å².